The summed E-state index contributed by atoms with van der Waals surface area (Å²) in [6.07, 6.45) is 5.16. The van der Waals surface area contributed by atoms with Gasteiger partial charge in [0.05, 0.1) is 5.60 Å². The fraction of sp³-hybridized carbons (Fsp3) is 0.250. The SMILES string of the molecule is CC(C)(O)c1cncc(-c2cccc(C(=O)NC3Cc4ccccc4C3)c2)c1. The van der Waals surface area contributed by atoms with Crippen LogP contribution < -0.4 is 5.32 Å². The maximum Gasteiger partial charge on any atom is 0.251 e. The lowest BCUT2D eigenvalue weighted by Gasteiger charge is -2.18. The molecule has 3 aromatic rings. The Morgan fingerprint density at radius 3 is 2.39 bits per heavy atom. The van der Waals surface area contributed by atoms with E-state index in [1.807, 2.05) is 42.5 Å². The zero-order chi connectivity index (χ0) is 19.7. The van der Waals surface area contributed by atoms with Crippen molar-refractivity contribution in [1.82, 2.24) is 10.3 Å². The number of benzene rings is 2. The maximum atomic E-state index is 12.8. The average molecular weight is 372 g/mol. The molecule has 28 heavy (non-hydrogen) atoms. The number of aliphatic hydroxyl groups is 1. The van der Waals surface area contributed by atoms with E-state index < -0.39 is 5.60 Å². The van der Waals surface area contributed by atoms with E-state index in [1.54, 1.807) is 26.2 Å². The summed E-state index contributed by atoms with van der Waals surface area (Å²) in [7, 11) is 0. The molecule has 2 aromatic carbocycles. The van der Waals surface area contributed by atoms with E-state index in [0.717, 1.165) is 29.5 Å². The van der Waals surface area contributed by atoms with Crippen LogP contribution in [0.5, 0.6) is 0 Å². The number of nitrogens with zero attached hydrogens (tertiary/aromatic N) is 1. The molecule has 0 atom stereocenters. The molecule has 1 amide bonds. The highest BCUT2D eigenvalue weighted by atomic mass is 16.3. The summed E-state index contributed by atoms with van der Waals surface area (Å²) >= 11 is 0. The third-order valence-electron chi connectivity index (χ3n) is 5.29. The Morgan fingerprint density at radius 2 is 1.71 bits per heavy atom. The molecule has 1 aromatic heterocycles. The van der Waals surface area contributed by atoms with Crippen molar-refractivity contribution in [2.75, 3.05) is 0 Å². The van der Waals surface area contributed by atoms with Crippen LogP contribution in [0.2, 0.25) is 0 Å². The summed E-state index contributed by atoms with van der Waals surface area (Å²) in [5.74, 6) is -0.0637. The van der Waals surface area contributed by atoms with Gasteiger partial charge in [-0.15, -0.1) is 0 Å². The van der Waals surface area contributed by atoms with Crippen LogP contribution in [0, 0.1) is 0 Å². The van der Waals surface area contributed by atoms with E-state index in [9.17, 15) is 9.90 Å². The first kappa shape index (κ1) is 18.4. The molecule has 2 N–H and O–H groups in total. The minimum Gasteiger partial charge on any atom is -0.386 e. The van der Waals surface area contributed by atoms with E-state index >= 15 is 0 Å². The first-order chi connectivity index (χ1) is 13.4. The number of amides is 1. The van der Waals surface area contributed by atoms with Crippen molar-refractivity contribution in [2.45, 2.75) is 38.3 Å². The molecule has 1 aliphatic carbocycles. The normalized spacial score (nSPS) is 14.0. The van der Waals surface area contributed by atoms with Gasteiger partial charge in [-0.05, 0) is 61.6 Å². The van der Waals surface area contributed by atoms with Crippen LogP contribution in [-0.2, 0) is 18.4 Å². The van der Waals surface area contributed by atoms with E-state index in [0.29, 0.717) is 5.56 Å². The average Bonchev–Trinajstić information content (AvgIpc) is 3.10. The summed E-state index contributed by atoms with van der Waals surface area (Å²) in [6, 6.07) is 17.9. The van der Waals surface area contributed by atoms with Gasteiger partial charge in [0.1, 0.15) is 0 Å². The second kappa shape index (κ2) is 7.21. The quantitative estimate of drug-likeness (QED) is 0.731. The van der Waals surface area contributed by atoms with Gasteiger partial charge < -0.3 is 10.4 Å². The number of carbonyl (C=O) groups excluding carboxylic acids is 1. The molecule has 0 bridgehead atoms. The predicted octanol–water partition coefficient (Wildman–Crippen LogP) is 3.87. The lowest BCUT2D eigenvalue weighted by molar-refractivity contribution is 0.0782. The number of hydrogen-bond donors (Lipinski definition) is 2. The number of pyridine rings is 1. The van der Waals surface area contributed by atoms with Gasteiger partial charge in [-0.25, -0.2) is 0 Å². The van der Waals surface area contributed by atoms with Gasteiger partial charge in [0.25, 0.3) is 5.91 Å². The molecule has 0 aliphatic heterocycles. The molecule has 4 nitrogen and oxygen atoms in total. The lowest BCUT2D eigenvalue weighted by Crippen LogP contribution is -2.35. The van der Waals surface area contributed by atoms with Gasteiger partial charge in [0.2, 0.25) is 0 Å². The van der Waals surface area contributed by atoms with Crippen LogP contribution in [0.1, 0.15) is 40.9 Å². The largest absolute Gasteiger partial charge is 0.386 e. The van der Waals surface area contributed by atoms with Crippen LogP contribution in [0.4, 0.5) is 0 Å². The van der Waals surface area contributed by atoms with Crippen molar-refractivity contribution >= 4 is 5.91 Å². The van der Waals surface area contributed by atoms with Crippen molar-refractivity contribution in [3.8, 4) is 11.1 Å². The van der Waals surface area contributed by atoms with Crippen molar-refractivity contribution < 1.29 is 9.90 Å². The van der Waals surface area contributed by atoms with E-state index in [4.69, 9.17) is 0 Å². The number of fused-ring (bicyclic) bond motifs is 1. The summed E-state index contributed by atoms with van der Waals surface area (Å²) in [6.45, 7) is 3.47. The molecule has 1 aliphatic rings. The Bertz CT molecular complexity index is 996. The van der Waals surface area contributed by atoms with Crippen LogP contribution >= 0.6 is 0 Å². The van der Waals surface area contributed by atoms with Crippen LogP contribution in [-0.4, -0.2) is 22.0 Å². The second-order valence-corrected chi connectivity index (χ2v) is 7.95. The smallest absolute Gasteiger partial charge is 0.251 e. The Balaban J connectivity index is 1.52. The zero-order valence-corrected chi connectivity index (χ0v) is 16.1. The molecule has 1 heterocycles. The molecule has 0 unspecified atom stereocenters. The molecule has 0 saturated carbocycles. The zero-order valence-electron chi connectivity index (χ0n) is 16.1. The van der Waals surface area contributed by atoms with Crippen molar-refractivity contribution in [1.29, 1.82) is 0 Å². The Morgan fingerprint density at radius 1 is 1.00 bits per heavy atom. The molecule has 0 fully saturated rings. The highest BCUT2D eigenvalue weighted by Gasteiger charge is 2.23. The fourth-order valence-corrected chi connectivity index (χ4v) is 3.70. The predicted molar refractivity (Wildman–Crippen MR) is 110 cm³/mol. The van der Waals surface area contributed by atoms with E-state index in [2.05, 4.69) is 22.4 Å². The molecular weight excluding hydrogens is 348 g/mol. The van der Waals surface area contributed by atoms with Crippen LogP contribution in [0.25, 0.3) is 11.1 Å². The number of nitrogens with one attached hydrogen (secondary N) is 1. The molecule has 0 radical (unpaired) electrons. The Labute approximate surface area is 165 Å². The van der Waals surface area contributed by atoms with Crippen molar-refractivity contribution in [3.63, 3.8) is 0 Å². The summed E-state index contributed by atoms with van der Waals surface area (Å²) in [5.41, 5.74) is 4.82. The lowest BCUT2D eigenvalue weighted by atomic mass is 9.96. The minimum absolute atomic E-state index is 0.0637. The molecule has 142 valence electrons. The second-order valence-electron chi connectivity index (χ2n) is 7.95. The van der Waals surface area contributed by atoms with Gasteiger partial charge in [-0.3, -0.25) is 9.78 Å². The Kier molecular flexibility index (Phi) is 4.73. The van der Waals surface area contributed by atoms with E-state index in [-0.39, 0.29) is 11.9 Å². The summed E-state index contributed by atoms with van der Waals surface area (Å²) in [5, 5.41) is 13.4. The van der Waals surface area contributed by atoms with Gasteiger partial charge in [-0.1, -0.05) is 36.4 Å². The molecule has 4 rings (SSSR count). The van der Waals surface area contributed by atoms with Gasteiger partial charge in [-0.2, -0.15) is 0 Å². The summed E-state index contributed by atoms with van der Waals surface area (Å²) in [4.78, 5) is 17.0. The first-order valence-corrected chi connectivity index (χ1v) is 9.56. The van der Waals surface area contributed by atoms with Gasteiger partial charge >= 0.3 is 0 Å². The number of aromatic nitrogens is 1. The monoisotopic (exact) mass is 372 g/mol. The van der Waals surface area contributed by atoms with Crippen LogP contribution in [0.15, 0.2) is 67.0 Å². The Hall–Kier alpha value is -2.98. The molecule has 4 heteroatoms. The number of carbonyl (C=O) groups is 1. The molecular formula is C24H24N2O2. The van der Waals surface area contributed by atoms with Crippen LogP contribution in [0.3, 0.4) is 0 Å². The third kappa shape index (κ3) is 3.82. The topological polar surface area (TPSA) is 62.2 Å². The standard InChI is InChI=1S/C24H24N2O2/c1-24(2,28)21-11-20(14-25-15-21)16-8-5-9-19(10-16)23(27)26-22-12-17-6-3-4-7-18(17)13-22/h3-11,14-15,22,28H,12-13H2,1-2H3,(H,26,27). The van der Waals surface area contributed by atoms with Crippen molar-refractivity contribution in [2.24, 2.45) is 0 Å². The van der Waals surface area contributed by atoms with Gasteiger partial charge in [0, 0.05) is 35.1 Å². The highest BCUT2D eigenvalue weighted by molar-refractivity contribution is 5.95. The minimum atomic E-state index is -0.963. The number of rotatable bonds is 4. The number of hydrogen-bond acceptors (Lipinski definition) is 3. The first-order valence-electron chi connectivity index (χ1n) is 9.56. The van der Waals surface area contributed by atoms with Gasteiger partial charge in [0.15, 0.2) is 0 Å². The third-order valence-corrected chi connectivity index (χ3v) is 5.29. The molecule has 0 saturated heterocycles. The fourth-order valence-electron chi connectivity index (χ4n) is 3.70. The summed E-state index contributed by atoms with van der Waals surface area (Å²) < 4.78 is 0. The van der Waals surface area contributed by atoms with Crippen molar-refractivity contribution in [3.05, 3.63) is 89.2 Å². The maximum absolute atomic E-state index is 12.8. The van der Waals surface area contributed by atoms with E-state index in [1.165, 1.54) is 11.1 Å². The highest BCUT2D eigenvalue weighted by Crippen LogP contribution is 2.26. The molecule has 0 spiro atoms.